The minimum Gasteiger partial charge on any atom is -0.493 e. The predicted molar refractivity (Wildman–Crippen MR) is 60.5 cm³/mol. The Morgan fingerprint density at radius 2 is 1.94 bits per heavy atom. The van der Waals surface area contributed by atoms with E-state index in [9.17, 15) is 4.79 Å². The molecule has 0 unspecified atom stereocenters. The lowest BCUT2D eigenvalue weighted by Gasteiger charge is -2.09. The summed E-state index contributed by atoms with van der Waals surface area (Å²) in [5.41, 5.74) is 5.95. The number of amides is 1. The van der Waals surface area contributed by atoms with Gasteiger partial charge in [0, 0.05) is 7.05 Å². The maximum atomic E-state index is 11.3. The number of nitrogens with one attached hydrogen (secondary N) is 2. The molecule has 0 radical (unpaired) electrons. The average molecular weight is 224 g/mol. The van der Waals surface area contributed by atoms with Gasteiger partial charge in [-0.05, 0) is 17.7 Å². The molecule has 1 aromatic rings. The first-order valence-electron chi connectivity index (χ1n) is 4.87. The van der Waals surface area contributed by atoms with Gasteiger partial charge in [-0.2, -0.15) is 0 Å². The molecule has 5 nitrogen and oxygen atoms in total. The second-order valence-electron chi connectivity index (χ2n) is 3.16. The Morgan fingerprint density at radius 3 is 2.50 bits per heavy atom. The number of carbonyl (C=O) groups is 1. The monoisotopic (exact) mass is 224 g/mol. The first-order valence-corrected chi connectivity index (χ1v) is 4.87. The van der Waals surface area contributed by atoms with Crippen LogP contribution in [-0.2, 0) is 11.2 Å². The summed E-state index contributed by atoms with van der Waals surface area (Å²) in [6.45, 7) is 0. The summed E-state index contributed by atoms with van der Waals surface area (Å²) in [5.74, 6) is 1.17. The molecule has 0 aliphatic carbocycles. The summed E-state index contributed by atoms with van der Waals surface area (Å²) >= 11 is 0. The molecule has 0 heterocycles. The van der Waals surface area contributed by atoms with Gasteiger partial charge in [-0.3, -0.25) is 10.2 Å². The zero-order valence-electron chi connectivity index (χ0n) is 9.66. The molecular formula is C11H16N2O3. The third-order valence-electron chi connectivity index (χ3n) is 2.08. The van der Waals surface area contributed by atoms with Crippen LogP contribution >= 0.6 is 0 Å². The van der Waals surface area contributed by atoms with Crippen molar-refractivity contribution in [1.82, 2.24) is 10.9 Å². The fourth-order valence-corrected chi connectivity index (χ4v) is 1.36. The SMILES string of the molecule is CNNC(=O)Cc1ccc(OC)c(OC)c1. The molecule has 0 spiro atoms. The van der Waals surface area contributed by atoms with Crippen LogP contribution in [0.25, 0.3) is 0 Å². The van der Waals surface area contributed by atoms with Gasteiger partial charge in [0.05, 0.1) is 20.6 Å². The molecule has 1 rings (SSSR count). The van der Waals surface area contributed by atoms with Crippen molar-refractivity contribution >= 4 is 5.91 Å². The molecule has 0 aliphatic rings. The fourth-order valence-electron chi connectivity index (χ4n) is 1.36. The van der Waals surface area contributed by atoms with E-state index >= 15 is 0 Å². The summed E-state index contributed by atoms with van der Waals surface area (Å²) in [5, 5.41) is 0. The van der Waals surface area contributed by atoms with Crippen molar-refractivity contribution in [2.24, 2.45) is 0 Å². The number of hydrogen-bond acceptors (Lipinski definition) is 4. The summed E-state index contributed by atoms with van der Waals surface area (Å²) in [7, 11) is 4.78. The lowest BCUT2D eigenvalue weighted by Crippen LogP contribution is -2.35. The first kappa shape index (κ1) is 12.3. The van der Waals surface area contributed by atoms with E-state index in [0.717, 1.165) is 5.56 Å². The van der Waals surface area contributed by atoms with Crippen molar-refractivity contribution in [3.05, 3.63) is 23.8 Å². The van der Waals surface area contributed by atoms with E-state index in [2.05, 4.69) is 10.9 Å². The van der Waals surface area contributed by atoms with E-state index in [4.69, 9.17) is 9.47 Å². The summed E-state index contributed by atoms with van der Waals surface area (Å²) in [4.78, 5) is 11.3. The van der Waals surface area contributed by atoms with Gasteiger partial charge in [0.25, 0.3) is 0 Å². The quantitative estimate of drug-likeness (QED) is 0.715. The Morgan fingerprint density at radius 1 is 1.25 bits per heavy atom. The molecule has 2 N–H and O–H groups in total. The van der Waals surface area contributed by atoms with Gasteiger partial charge >= 0.3 is 0 Å². The smallest absolute Gasteiger partial charge is 0.238 e. The summed E-state index contributed by atoms with van der Waals surface area (Å²) in [6.07, 6.45) is 0.293. The molecule has 0 atom stereocenters. The minimum absolute atomic E-state index is 0.102. The first-order chi connectivity index (χ1) is 7.71. The topological polar surface area (TPSA) is 59.6 Å². The standard InChI is InChI=1S/C11H16N2O3/c1-12-13-11(14)7-8-4-5-9(15-2)10(6-8)16-3/h4-6,12H,7H2,1-3H3,(H,13,14). The molecule has 0 saturated carbocycles. The molecule has 16 heavy (non-hydrogen) atoms. The van der Waals surface area contributed by atoms with Gasteiger partial charge in [-0.1, -0.05) is 6.07 Å². The van der Waals surface area contributed by atoms with Crippen LogP contribution in [0.15, 0.2) is 18.2 Å². The molecule has 0 saturated heterocycles. The maximum Gasteiger partial charge on any atom is 0.238 e. The lowest BCUT2D eigenvalue weighted by atomic mass is 10.1. The molecule has 5 heteroatoms. The van der Waals surface area contributed by atoms with Gasteiger partial charge < -0.3 is 9.47 Å². The zero-order chi connectivity index (χ0) is 12.0. The van der Waals surface area contributed by atoms with Gasteiger partial charge in [-0.25, -0.2) is 5.43 Å². The van der Waals surface area contributed by atoms with Gasteiger partial charge in [0.1, 0.15) is 0 Å². The van der Waals surface area contributed by atoms with Crippen LogP contribution in [0.1, 0.15) is 5.56 Å². The van der Waals surface area contributed by atoms with Gasteiger partial charge in [0.2, 0.25) is 5.91 Å². The third kappa shape index (κ3) is 3.13. The third-order valence-corrected chi connectivity index (χ3v) is 2.08. The Balaban J connectivity index is 2.78. The van der Waals surface area contributed by atoms with Crippen molar-refractivity contribution in [2.75, 3.05) is 21.3 Å². The molecule has 1 aromatic carbocycles. The molecule has 0 fully saturated rings. The van der Waals surface area contributed by atoms with E-state index in [0.29, 0.717) is 17.9 Å². The van der Waals surface area contributed by atoms with E-state index in [1.54, 1.807) is 33.4 Å². The lowest BCUT2D eigenvalue weighted by molar-refractivity contribution is -0.121. The number of rotatable bonds is 5. The molecular weight excluding hydrogens is 208 g/mol. The van der Waals surface area contributed by atoms with Gasteiger partial charge in [0.15, 0.2) is 11.5 Å². The summed E-state index contributed by atoms with van der Waals surface area (Å²) in [6, 6.07) is 5.39. The minimum atomic E-state index is -0.102. The fraction of sp³-hybridized carbons (Fsp3) is 0.364. The Labute approximate surface area is 94.7 Å². The van der Waals surface area contributed by atoms with Crippen molar-refractivity contribution in [1.29, 1.82) is 0 Å². The number of methoxy groups -OCH3 is 2. The number of ether oxygens (including phenoxy) is 2. The number of benzene rings is 1. The highest BCUT2D eigenvalue weighted by molar-refractivity contribution is 5.78. The molecule has 0 bridgehead atoms. The molecule has 88 valence electrons. The van der Waals surface area contributed by atoms with E-state index < -0.39 is 0 Å². The van der Waals surface area contributed by atoms with E-state index in [-0.39, 0.29) is 5.91 Å². The Bertz CT molecular complexity index is 366. The van der Waals surface area contributed by atoms with Crippen LogP contribution < -0.4 is 20.3 Å². The Kier molecular flexibility index (Phi) is 4.60. The van der Waals surface area contributed by atoms with Gasteiger partial charge in [-0.15, -0.1) is 0 Å². The van der Waals surface area contributed by atoms with E-state index in [1.165, 1.54) is 0 Å². The van der Waals surface area contributed by atoms with Crippen LogP contribution in [0.4, 0.5) is 0 Å². The Hall–Kier alpha value is -1.75. The van der Waals surface area contributed by atoms with Crippen molar-refractivity contribution in [3.8, 4) is 11.5 Å². The number of carbonyl (C=O) groups excluding carboxylic acids is 1. The van der Waals surface area contributed by atoms with Crippen LogP contribution in [0.5, 0.6) is 11.5 Å². The van der Waals surface area contributed by atoms with Crippen molar-refractivity contribution in [3.63, 3.8) is 0 Å². The normalized spacial score (nSPS) is 9.69. The molecule has 1 amide bonds. The number of hydrazine groups is 1. The van der Waals surface area contributed by atoms with Crippen molar-refractivity contribution in [2.45, 2.75) is 6.42 Å². The highest BCUT2D eigenvalue weighted by Crippen LogP contribution is 2.27. The number of hydrogen-bond donors (Lipinski definition) is 2. The van der Waals surface area contributed by atoms with Crippen LogP contribution in [0, 0.1) is 0 Å². The zero-order valence-corrected chi connectivity index (χ0v) is 9.66. The maximum absolute atomic E-state index is 11.3. The van der Waals surface area contributed by atoms with Crippen LogP contribution in [0.2, 0.25) is 0 Å². The second kappa shape index (κ2) is 5.97. The highest BCUT2D eigenvalue weighted by atomic mass is 16.5. The van der Waals surface area contributed by atoms with E-state index in [1.807, 2.05) is 6.07 Å². The van der Waals surface area contributed by atoms with Crippen LogP contribution in [-0.4, -0.2) is 27.2 Å². The highest BCUT2D eigenvalue weighted by Gasteiger charge is 2.07. The average Bonchev–Trinajstić information content (AvgIpc) is 2.29. The predicted octanol–water partition coefficient (Wildman–Crippen LogP) is 0.497. The van der Waals surface area contributed by atoms with Crippen LogP contribution in [0.3, 0.4) is 0 Å². The second-order valence-corrected chi connectivity index (χ2v) is 3.16. The largest absolute Gasteiger partial charge is 0.493 e. The van der Waals surface area contributed by atoms with Crippen molar-refractivity contribution < 1.29 is 14.3 Å². The summed E-state index contributed by atoms with van der Waals surface area (Å²) < 4.78 is 10.3. The molecule has 0 aliphatic heterocycles. The molecule has 0 aromatic heterocycles.